The Bertz CT molecular complexity index is 862. The normalized spacial score (nSPS) is 11.8. The number of amides is 2. The van der Waals surface area contributed by atoms with E-state index in [-0.39, 0.29) is 17.7 Å². The molecule has 0 saturated carbocycles. The number of nitrogens with zero attached hydrogens (tertiary/aromatic N) is 2. The van der Waals surface area contributed by atoms with Gasteiger partial charge in [-0.15, -0.1) is 0 Å². The SMILES string of the molecule is CCC(=O)Nc1ccc(N(C)C)c(CN(CC(C)C)C(=O)C(CC)c2ccccc2)c1. The minimum absolute atomic E-state index is 0.0196. The highest BCUT2D eigenvalue weighted by Crippen LogP contribution is 2.28. The molecule has 2 aromatic carbocycles. The average Bonchev–Trinajstić information content (AvgIpc) is 2.74. The Morgan fingerprint density at radius 2 is 1.68 bits per heavy atom. The van der Waals surface area contributed by atoms with Gasteiger partial charge in [0.15, 0.2) is 0 Å². The van der Waals surface area contributed by atoms with Gasteiger partial charge in [-0.2, -0.15) is 0 Å². The maximum atomic E-state index is 13.6. The number of hydrogen-bond donors (Lipinski definition) is 1. The fourth-order valence-electron chi connectivity index (χ4n) is 3.81. The minimum Gasteiger partial charge on any atom is -0.377 e. The molecular formula is C26H37N3O2. The highest BCUT2D eigenvalue weighted by atomic mass is 16.2. The highest BCUT2D eigenvalue weighted by molar-refractivity contribution is 5.91. The van der Waals surface area contributed by atoms with Gasteiger partial charge in [-0.25, -0.2) is 0 Å². The van der Waals surface area contributed by atoms with Crippen LogP contribution in [0.4, 0.5) is 11.4 Å². The molecule has 168 valence electrons. The van der Waals surface area contributed by atoms with E-state index >= 15 is 0 Å². The summed E-state index contributed by atoms with van der Waals surface area (Å²) in [6.45, 7) is 9.35. The first-order valence-electron chi connectivity index (χ1n) is 11.2. The summed E-state index contributed by atoms with van der Waals surface area (Å²) in [6.07, 6.45) is 1.18. The molecule has 1 unspecified atom stereocenters. The number of nitrogens with one attached hydrogen (secondary N) is 1. The zero-order chi connectivity index (χ0) is 23.0. The van der Waals surface area contributed by atoms with Gasteiger partial charge in [0.05, 0.1) is 5.92 Å². The van der Waals surface area contributed by atoms with Crippen molar-refractivity contribution < 1.29 is 9.59 Å². The summed E-state index contributed by atoms with van der Waals surface area (Å²) < 4.78 is 0. The monoisotopic (exact) mass is 423 g/mol. The maximum absolute atomic E-state index is 13.6. The van der Waals surface area contributed by atoms with Crippen molar-refractivity contribution in [2.24, 2.45) is 5.92 Å². The van der Waals surface area contributed by atoms with Crippen molar-refractivity contribution in [1.82, 2.24) is 4.90 Å². The molecule has 0 fully saturated rings. The van der Waals surface area contributed by atoms with Gasteiger partial charge in [-0.05, 0) is 41.7 Å². The lowest BCUT2D eigenvalue weighted by molar-refractivity contribution is -0.134. The Hall–Kier alpha value is -2.82. The van der Waals surface area contributed by atoms with Crippen LogP contribution >= 0.6 is 0 Å². The van der Waals surface area contributed by atoms with E-state index in [1.165, 1.54) is 0 Å². The van der Waals surface area contributed by atoms with Crippen molar-refractivity contribution in [3.05, 3.63) is 59.7 Å². The van der Waals surface area contributed by atoms with Crippen molar-refractivity contribution in [3.8, 4) is 0 Å². The lowest BCUT2D eigenvalue weighted by atomic mass is 9.94. The summed E-state index contributed by atoms with van der Waals surface area (Å²) in [5.41, 5.74) is 3.89. The maximum Gasteiger partial charge on any atom is 0.230 e. The van der Waals surface area contributed by atoms with E-state index in [4.69, 9.17) is 0 Å². The third-order valence-electron chi connectivity index (χ3n) is 5.33. The van der Waals surface area contributed by atoms with Crippen LogP contribution in [0, 0.1) is 5.92 Å². The smallest absolute Gasteiger partial charge is 0.230 e. The summed E-state index contributed by atoms with van der Waals surface area (Å²) in [5, 5.41) is 2.94. The fraction of sp³-hybridized carbons (Fsp3) is 0.462. The van der Waals surface area contributed by atoms with Gasteiger partial charge >= 0.3 is 0 Å². The van der Waals surface area contributed by atoms with Crippen LogP contribution in [0.2, 0.25) is 0 Å². The Balaban J connectivity index is 2.39. The molecule has 0 aliphatic rings. The van der Waals surface area contributed by atoms with Gasteiger partial charge in [0, 0.05) is 45.0 Å². The van der Waals surface area contributed by atoms with E-state index in [9.17, 15) is 9.59 Å². The van der Waals surface area contributed by atoms with Crippen LogP contribution in [0.1, 0.15) is 57.6 Å². The standard InChI is InChI=1S/C26H37N3O2/c1-7-23(20-12-10-9-11-13-20)26(31)29(17-19(3)4)18-21-16-22(27-25(30)8-2)14-15-24(21)28(5)6/h9-16,19,23H,7-8,17-18H2,1-6H3,(H,27,30). The topological polar surface area (TPSA) is 52.7 Å². The molecule has 2 aromatic rings. The van der Waals surface area contributed by atoms with E-state index in [0.29, 0.717) is 25.4 Å². The molecule has 0 aliphatic heterocycles. The minimum atomic E-state index is -0.161. The van der Waals surface area contributed by atoms with Gasteiger partial charge in [-0.3, -0.25) is 9.59 Å². The van der Waals surface area contributed by atoms with E-state index in [1.807, 2.05) is 79.3 Å². The molecule has 2 rings (SSSR count). The number of hydrogen-bond acceptors (Lipinski definition) is 3. The number of carbonyl (C=O) groups excluding carboxylic acids is 2. The zero-order valence-electron chi connectivity index (χ0n) is 19.8. The summed E-state index contributed by atoms with van der Waals surface area (Å²) in [5.74, 6) is 0.317. The number of benzene rings is 2. The first-order chi connectivity index (χ1) is 14.8. The van der Waals surface area contributed by atoms with E-state index in [1.54, 1.807) is 0 Å². The van der Waals surface area contributed by atoms with Crippen LogP contribution in [0.25, 0.3) is 0 Å². The Morgan fingerprint density at radius 1 is 1.00 bits per heavy atom. The Labute approximate surface area is 187 Å². The molecule has 0 bridgehead atoms. The number of anilines is 2. The van der Waals surface area contributed by atoms with Crippen molar-refractivity contribution in [2.45, 2.75) is 53.0 Å². The quantitative estimate of drug-likeness (QED) is 0.566. The Kier molecular flexibility index (Phi) is 9.10. The number of rotatable bonds is 10. The van der Waals surface area contributed by atoms with Crippen LogP contribution in [-0.4, -0.2) is 37.4 Å². The largest absolute Gasteiger partial charge is 0.377 e. The predicted octanol–water partition coefficient (Wildman–Crippen LogP) is 5.28. The molecule has 0 radical (unpaired) electrons. The van der Waals surface area contributed by atoms with E-state index in [0.717, 1.165) is 28.9 Å². The molecule has 31 heavy (non-hydrogen) atoms. The van der Waals surface area contributed by atoms with E-state index < -0.39 is 0 Å². The van der Waals surface area contributed by atoms with Crippen molar-refractivity contribution >= 4 is 23.2 Å². The third-order valence-corrected chi connectivity index (χ3v) is 5.33. The lowest BCUT2D eigenvalue weighted by Crippen LogP contribution is -2.37. The lowest BCUT2D eigenvalue weighted by Gasteiger charge is -2.30. The Morgan fingerprint density at radius 3 is 2.23 bits per heavy atom. The summed E-state index contributed by atoms with van der Waals surface area (Å²) in [4.78, 5) is 29.6. The molecule has 0 heterocycles. The molecule has 0 spiro atoms. The predicted molar refractivity (Wildman–Crippen MR) is 129 cm³/mol. The van der Waals surface area contributed by atoms with Gasteiger partial charge in [0.2, 0.25) is 11.8 Å². The molecule has 5 heteroatoms. The molecule has 0 saturated heterocycles. The molecule has 0 aromatic heterocycles. The summed E-state index contributed by atoms with van der Waals surface area (Å²) in [7, 11) is 3.99. The van der Waals surface area contributed by atoms with Crippen LogP contribution < -0.4 is 10.2 Å². The molecule has 5 nitrogen and oxygen atoms in total. The van der Waals surface area contributed by atoms with Gasteiger partial charge in [0.1, 0.15) is 0 Å². The summed E-state index contributed by atoms with van der Waals surface area (Å²) >= 11 is 0. The van der Waals surface area contributed by atoms with Gasteiger partial charge in [-0.1, -0.05) is 58.0 Å². The first-order valence-corrected chi connectivity index (χ1v) is 11.2. The van der Waals surface area contributed by atoms with Crippen LogP contribution in [0.15, 0.2) is 48.5 Å². The highest BCUT2D eigenvalue weighted by Gasteiger charge is 2.26. The fourth-order valence-corrected chi connectivity index (χ4v) is 3.81. The second-order valence-corrected chi connectivity index (χ2v) is 8.62. The van der Waals surface area contributed by atoms with Crippen LogP contribution in [0.3, 0.4) is 0 Å². The third kappa shape index (κ3) is 6.84. The van der Waals surface area contributed by atoms with Gasteiger partial charge < -0.3 is 15.1 Å². The second-order valence-electron chi connectivity index (χ2n) is 8.62. The molecular weight excluding hydrogens is 386 g/mol. The molecule has 1 N–H and O–H groups in total. The van der Waals surface area contributed by atoms with Crippen molar-refractivity contribution in [2.75, 3.05) is 30.9 Å². The average molecular weight is 424 g/mol. The molecule has 0 aliphatic carbocycles. The summed E-state index contributed by atoms with van der Waals surface area (Å²) in [6, 6.07) is 15.9. The second kappa shape index (κ2) is 11.5. The molecule has 2 amide bonds. The zero-order valence-corrected chi connectivity index (χ0v) is 19.8. The van der Waals surface area contributed by atoms with Crippen molar-refractivity contribution in [3.63, 3.8) is 0 Å². The van der Waals surface area contributed by atoms with Crippen molar-refractivity contribution in [1.29, 1.82) is 0 Å². The number of carbonyl (C=O) groups is 2. The van der Waals surface area contributed by atoms with Gasteiger partial charge in [0.25, 0.3) is 0 Å². The van der Waals surface area contributed by atoms with E-state index in [2.05, 4.69) is 26.1 Å². The first kappa shape index (κ1) is 24.4. The van der Waals surface area contributed by atoms with Crippen LogP contribution in [-0.2, 0) is 16.1 Å². The molecule has 1 atom stereocenters. The van der Waals surface area contributed by atoms with Crippen LogP contribution in [0.5, 0.6) is 0 Å².